The highest BCUT2D eigenvalue weighted by atomic mass is 35.5. The van der Waals surface area contributed by atoms with Gasteiger partial charge in [-0.15, -0.1) is 0 Å². The fourth-order valence-corrected chi connectivity index (χ4v) is 4.58. The lowest BCUT2D eigenvalue weighted by atomic mass is 9.86. The van der Waals surface area contributed by atoms with Gasteiger partial charge in [0.05, 0.1) is 10.7 Å². The zero-order valence-electron chi connectivity index (χ0n) is 14.3. The Bertz CT molecular complexity index is 1030. The van der Waals surface area contributed by atoms with Gasteiger partial charge in [0.15, 0.2) is 0 Å². The molecule has 0 bridgehead atoms. The minimum atomic E-state index is 0.226. The maximum absolute atomic E-state index is 6.69. The third-order valence-electron chi connectivity index (χ3n) is 4.55. The van der Waals surface area contributed by atoms with Gasteiger partial charge in [-0.25, -0.2) is 9.97 Å². The smallest absolute Gasteiger partial charge is 0.221 e. The summed E-state index contributed by atoms with van der Waals surface area (Å²) in [6.45, 7) is 3.72. The Balaban J connectivity index is 1.91. The standard InChI is InChI=1S/C20H19ClN4S/c1-11(22)10-26-17-9-16(24-20(23)25-17)19-14-7-3-5-12-4-2-6-13(18(12)14)8-15(19)21/h3,5,7-9H,1-2,4,6,10,22H2,(H2,23,24,25). The van der Waals surface area contributed by atoms with Crippen LogP contribution in [0.3, 0.4) is 0 Å². The third-order valence-corrected chi connectivity index (χ3v) is 5.87. The lowest BCUT2D eigenvalue weighted by Crippen LogP contribution is -2.04. The molecular weight excluding hydrogens is 364 g/mol. The highest BCUT2D eigenvalue weighted by Crippen LogP contribution is 2.41. The zero-order chi connectivity index (χ0) is 18.3. The second kappa shape index (κ2) is 6.82. The minimum absolute atomic E-state index is 0.226. The van der Waals surface area contributed by atoms with E-state index in [1.807, 2.05) is 6.07 Å². The maximum Gasteiger partial charge on any atom is 0.221 e. The number of nitrogens with zero attached hydrogens (tertiary/aromatic N) is 2. The van der Waals surface area contributed by atoms with Crippen molar-refractivity contribution in [3.63, 3.8) is 0 Å². The van der Waals surface area contributed by atoms with Crippen molar-refractivity contribution >= 4 is 40.1 Å². The Hall–Kier alpha value is -2.24. The van der Waals surface area contributed by atoms with E-state index in [4.69, 9.17) is 23.1 Å². The molecule has 4 rings (SSSR count). The summed E-state index contributed by atoms with van der Waals surface area (Å²) in [5.41, 5.74) is 16.6. The van der Waals surface area contributed by atoms with Crippen molar-refractivity contribution in [1.29, 1.82) is 0 Å². The van der Waals surface area contributed by atoms with E-state index in [0.717, 1.165) is 40.9 Å². The first-order valence-corrected chi connectivity index (χ1v) is 9.83. The largest absolute Gasteiger partial charge is 0.402 e. The molecule has 2 aromatic carbocycles. The first kappa shape index (κ1) is 17.2. The Morgan fingerprint density at radius 2 is 2.00 bits per heavy atom. The second-order valence-electron chi connectivity index (χ2n) is 6.48. The molecule has 3 aromatic rings. The lowest BCUT2D eigenvalue weighted by molar-refractivity contribution is 0.808. The van der Waals surface area contributed by atoms with E-state index >= 15 is 0 Å². The topological polar surface area (TPSA) is 77.8 Å². The van der Waals surface area contributed by atoms with Crippen LogP contribution in [-0.4, -0.2) is 15.7 Å². The molecule has 0 unspecified atom stereocenters. The Labute approximate surface area is 161 Å². The number of benzene rings is 2. The number of hydrogen-bond donors (Lipinski definition) is 2. The molecule has 1 aliphatic rings. The highest BCUT2D eigenvalue weighted by Gasteiger charge is 2.19. The molecule has 6 heteroatoms. The molecule has 1 aromatic heterocycles. The summed E-state index contributed by atoms with van der Waals surface area (Å²) in [5.74, 6) is 0.803. The molecule has 4 N–H and O–H groups in total. The third kappa shape index (κ3) is 3.13. The molecule has 1 heterocycles. The SMILES string of the molecule is C=C(N)CSc1cc(-c2c(Cl)cc3c4c(cccc24)CCC3)nc(N)n1. The molecule has 0 amide bonds. The van der Waals surface area contributed by atoms with Crippen LogP contribution in [0.5, 0.6) is 0 Å². The minimum Gasteiger partial charge on any atom is -0.402 e. The van der Waals surface area contributed by atoms with Crippen LogP contribution in [0, 0.1) is 0 Å². The van der Waals surface area contributed by atoms with Crippen LogP contribution in [0.1, 0.15) is 17.5 Å². The first-order valence-electron chi connectivity index (χ1n) is 8.47. The molecule has 0 spiro atoms. The van der Waals surface area contributed by atoms with Crippen molar-refractivity contribution in [1.82, 2.24) is 9.97 Å². The van der Waals surface area contributed by atoms with Gasteiger partial charge in [0.2, 0.25) is 5.95 Å². The van der Waals surface area contributed by atoms with E-state index in [1.165, 1.54) is 28.3 Å². The summed E-state index contributed by atoms with van der Waals surface area (Å²) in [5, 5.41) is 3.89. The van der Waals surface area contributed by atoms with Crippen LogP contribution >= 0.6 is 23.4 Å². The van der Waals surface area contributed by atoms with Gasteiger partial charge < -0.3 is 11.5 Å². The number of hydrogen-bond acceptors (Lipinski definition) is 5. The number of anilines is 1. The molecule has 4 nitrogen and oxygen atoms in total. The van der Waals surface area contributed by atoms with Crippen molar-refractivity contribution in [2.24, 2.45) is 5.73 Å². The van der Waals surface area contributed by atoms with Crippen molar-refractivity contribution in [3.8, 4) is 11.3 Å². The monoisotopic (exact) mass is 382 g/mol. The van der Waals surface area contributed by atoms with Crippen LogP contribution < -0.4 is 11.5 Å². The van der Waals surface area contributed by atoms with E-state index in [1.54, 1.807) is 0 Å². The molecule has 26 heavy (non-hydrogen) atoms. The van der Waals surface area contributed by atoms with E-state index < -0.39 is 0 Å². The summed E-state index contributed by atoms with van der Waals surface area (Å²) < 4.78 is 0. The highest BCUT2D eigenvalue weighted by molar-refractivity contribution is 7.99. The zero-order valence-corrected chi connectivity index (χ0v) is 15.8. The summed E-state index contributed by atoms with van der Waals surface area (Å²) in [4.78, 5) is 8.75. The predicted octanol–water partition coefficient (Wildman–Crippen LogP) is 4.59. The van der Waals surface area contributed by atoms with E-state index in [0.29, 0.717) is 16.5 Å². The van der Waals surface area contributed by atoms with Gasteiger partial charge in [-0.1, -0.05) is 48.1 Å². The average Bonchev–Trinajstić information content (AvgIpc) is 2.60. The van der Waals surface area contributed by atoms with Gasteiger partial charge in [-0.3, -0.25) is 0 Å². The van der Waals surface area contributed by atoms with Crippen molar-refractivity contribution in [2.45, 2.75) is 24.3 Å². The van der Waals surface area contributed by atoms with E-state index in [9.17, 15) is 0 Å². The van der Waals surface area contributed by atoms with Gasteiger partial charge in [0.1, 0.15) is 5.03 Å². The molecule has 0 atom stereocenters. The van der Waals surface area contributed by atoms with Gasteiger partial charge in [0.25, 0.3) is 0 Å². The summed E-state index contributed by atoms with van der Waals surface area (Å²) in [6.07, 6.45) is 3.31. The van der Waals surface area contributed by atoms with Gasteiger partial charge in [0, 0.05) is 17.0 Å². The van der Waals surface area contributed by atoms with E-state index in [-0.39, 0.29) is 5.95 Å². The number of halogens is 1. The van der Waals surface area contributed by atoms with Crippen molar-refractivity contribution in [2.75, 3.05) is 11.5 Å². The van der Waals surface area contributed by atoms with Gasteiger partial charge in [-0.2, -0.15) is 0 Å². The number of nitrogens with two attached hydrogens (primary N) is 2. The molecule has 0 radical (unpaired) electrons. The Morgan fingerprint density at radius 1 is 1.19 bits per heavy atom. The van der Waals surface area contributed by atoms with Crippen LogP contribution in [0.15, 0.2) is 47.6 Å². The summed E-state index contributed by atoms with van der Waals surface area (Å²) in [6, 6.07) is 10.4. The Kier molecular flexibility index (Phi) is 4.51. The quantitative estimate of drug-likeness (QED) is 0.509. The molecule has 0 aliphatic heterocycles. The molecule has 0 fully saturated rings. The molecular formula is C20H19ClN4S. The Morgan fingerprint density at radius 3 is 2.81 bits per heavy atom. The number of rotatable bonds is 4. The predicted molar refractivity (Wildman–Crippen MR) is 110 cm³/mol. The van der Waals surface area contributed by atoms with Crippen LogP contribution in [-0.2, 0) is 12.8 Å². The fourth-order valence-electron chi connectivity index (χ4n) is 3.56. The fraction of sp³-hybridized carbons (Fsp3) is 0.200. The number of aryl methyl sites for hydroxylation is 2. The van der Waals surface area contributed by atoms with Crippen molar-refractivity contribution < 1.29 is 0 Å². The van der Waals surface area contributed by atoms with Crippen molar-refractivity contribution in [3.05, 3.63) is 58.8 Å². The molecule has 0 saturated carbocycles. The molecule has 0 saturated heterocycles. The van der Waals surface area contributed by atoms with Crippen LogP contribution in [0.25, 0.3) is 22.0 Å². The van der Waals surface area contributed by atoms with Crippen LogP contribution in [0.4, 0.5) is 5.95 Å². The number of aromatic nitrogens is 2. The van der Waals surface area contributed by atoms with Gasteiger partial charge >= 0.3 is 0 Å². The van der Waals surface area contributed by atoms with Crippen LogP contribution in [0.2, 0.25) is 5.02 Å². The first-order chi connectivity index (χ1) is 12.5. The average molecular weight is 383 g/mol. The normalized spacial score (nSPS) is 13.1. The number of thioether (sulfide) groups is 1. The van der Waals surface area contributed by atoms with E-state index in [2.05, 4.69) is 40.8 Å². The maximum atomic E-state index is 6.69. The summed E-state index contributed by atoms with van der Waals surface area (Å²) >= 11 is 8.17. The molecule has 1 aliphatic carbocycles. The lowest BCUT2D eigenvalue weighted by Gasteiger charge is -2.20. The summed E-state index contributed by atoms with van der Waals surface area (Å²) in [7, 11) is 0. The number of nitrogen functional groups attached to an aromatic ring is 1. The second-order valence-corrected chi connectivity index (χ2v) is 7.89. The van der Waals surface area contributed by atoms with Gasteiger partial charge in [-0.05, 0) is 53.3 Å². The molecule has 132 valence electrons.